The van der Waals surface area contributed by atoms with Crippen molar-refractivity contribution in [1.29, 1.82) is 0 Å². The summed E-state index contributed by atoms with van der Waals surface area (Å²) in [6.07, 6.45) is 0. The number of esters is 1. The van der Waals surface area contributed by atoms with E-state index in [1.54, 1.807) is 41.8 Å². The Bertz CT molecular complexity index is 989. The van der Waals surface area contributed by atoms with Crippen molar-refractivity contribution < 1.29 is 19.4 Å². The smallest absolute Gasteiger partial charge is 0.342 e. The van der Waals surface area contributed by atoms with Crippen LogP contribution in [0.1, 0.15) is 23.0 Å². The van der Waals surface area contributed by atoms with Crippen molar-refractivity contribution >= 4 is 45.6 Å². The maximum absolute atomic E-state index is 12.1. The summed E-state index contributed by atoms with van der Waals surface area (Å²) >= 11 is 7.26. The Kier molecular flexibility index (Phi) is 5.73. The second-order valence-electron chi connectivity index (χ2n) is 5.55. The van der Waals surface area contributed by atoms with Gasteiger partial charge in [-0.05, 0) is 30.3 Å². The number of amides is 1. The molecule has 6 nitrogen and oxygen atoms in total. The number of nitrogens with zero attached hydrogens (tertiary/aromatic N) is 2. The van der Waals surface area contributed by atoms with E-state index in [4.69, 9.17) is 16.3 Å². The SMILES string of the molecule is CC(=O)N(c1cccc(Cl)c1)c1nc(COC(=O)c2ccccc2O)cs1. The number of aromatic hydroxyl groups is 1. The third-order valence-corrected chi connectivity index (χ3v) is 4.70. The number of anilines is 2. The van der Waals surface area contributed by atoms with Crippen LogP contribution in [0.4, 0.5) is 10.8 Å². The zero-order valence-electron chi connectivity index (χ0n) is 14.3. The maximum atomic E-state index is 12.1. The summed E-state index contributed by atoms with van der Waals surface area (Å²) in [6, 6.07) is 13.0. The molecule has 0 fully saturated rings. The van der Waals surface area contributed by atoms with Gasteiger partial charge in [-0.2, -0.15) is 0 Å². The highest BCUT2D eigenvalue weighted by Crippen LogP contribution is 2.30. The number of phenols is 1. The fourth-order valence-electron chi connectivity index (χ4n) is 2.37. The Morgan fingerprint density at radius 3 is 2.70 bits per heavy atom. The summed E-state index contributed by atoms with van der Waals surface area (Å²) in [6.45, 7) is 1.35. The quantitative estimate of drug-likeness (QED) is 0.633. The van der Waals surface area contributed by atoms with Crippen molar-refractivity contribution in [1.82, 2.24) is 4.98 Å². The lowest BCUT2D eigenvalue weighted by atomic mass is 10.2. The van der Waals surface area contributed by atoms with Gasteiger partial charge in [0.1, 0.15) is 17.9 Å². The number of carbonyl (C=O) groups is 2. The molecule has 2 aromatic carbocycles. The topological polar surface area (TPSA) is 79.7 Å². The van der Waals surface area contributed by atoms with E-state index in [0.29, 0.717) is 21.5 Å². The van der Waals surface area contributed by atoms with Gasteiger partial charge in [0.05, 0.1) is 11.4 Å². The van der Waals surface area contributed by atoms with E-state index in [-0.39, 0.29) is 23.8 Å². The predicted molar refractivity (Wildman–Crippen MR) is 104 cm³/mol. The Morgan fingerprint density at radius 1 is 1.22 bits per heavy atom. The summed E-state index contributed by atoms with van der Waals surface area (Å²) in [7, 11) is 0. The van der Waals surface area contributed by atoms with Crippen LogP contribution < -0.4 is 4.90 Å². The Balaban J connectivity index is 1.74. The molecule has 138 valence electrons. The number of benzene rings is 2. The standard InChI is InChI=1S/C19H15ClN2O4S/c1-12(23)22(15-6-4-5-13(20)9-15)19-21-14(11-27-19)10-26-18(25)16-7-2-3-8-17(16)24/h2-9,11,24H,10H2,1H3. The molecular weight excluding hydrogens is 388 g/mol. The van der Waals surface area contributed by atoms with Crippen LogP contribution in [0.3, 0.4) is 0 Å². The lowest BCUT2D eigenvalue weighted by molar-refractivity contribution is -0.115. The van der Waals surface area contributed by atoms with E-state index < -0.39 is 5.97 Å². The fourth-order valence-corrected chi connectivity index (χ4v) is 3.43. The van der Waals surface area contributed by atoms with E-state index in [9.17, 15) is 14.7 Å². The van der Waals surface area contributed by atoms with Crippen molar-refractivity contribution in [2.45, 2.75) is 13.5 Å². The molecule has 3 aromatic rings. The van der Waals surface area contributed by atoms with E-state index in [1.165, 1.54) is 35.3 Å². The number of hydrogen-bond donors (Lipinski definition) is 1. The minimum Gasteiger partial charge on any atom is -0.507 e. The van der Waals surface area contributed by atoms with E-state index in [0.717, 1.165) is 0 Å². The first kappa shape index (κ1) is 18.9. The normalized spacial score (nSPS) is 10.4. The molecule has 0 aliphatic rings. The van der Waals surface area contributed by atoms with Gasteiger partial charge in [-0.15, -0.1) is 11.3 Å². The molecule has 0 unspecified atom stereocenters. The van der Waals surface area contributed by atoms with Crippen LogP contribution in [0.5, 0.6) is 5.75 Å². The van der Waals surface area contributed by atoms with Gasteiger partial charge in [0.2, 0.25) is 5.91 Å². The van der Waals surface area contributed by atoms with Gasteiger partial charge in [-0.3, -0.25) is 9.69 Å². The molecule has 1 N–H and O–H groups in total. The second kappa shape index (κ2) is 8.20. The molecule has 0 aliphatic heterocycles. The number of rotatable bonds is 5. The van der Waals surface area contributed by atoms with Gasteiger partial charge in [0.15, 0.2) is 5.13 Å². The lowest BCUT2D eigenvalue weighted by Crippen LogP contribution is -2.22. The van der Waals surface area contributed by atoms with Crippen LogP contribution in [0.15, 0.2) is 53.9 Å². The number of halogens is 1. The zero-order chi connectivity index (χ0) is 19.4. The first-order chi connectivity index (χ1) is 13.0. The summed E-state index contributed by atoms with van der Waals surface area (Å²) in [5.41, 5.74) is 1.17. The average Bonchev–Trinajstić information content (AvgIpc) is 3.08. The molecule has 27 heavy (non-hydrogen) atoms. The summed E-state index contributed by atoms with van der Waals surface area (Å²) in [5.74, 6) is -1.02. The third kappa shape index (κ3) is 4.45. The third-order valence-electron chi connectivity index (χ3n) is 3.59. The fraction of sp³-hybridized carbons (Fsp3) is 0.105. The molecule has 3 rings (SSSR count). The molecule has 1 aromatic heterocycles. The average molecular weight is 403 g/mol. The van der Waals surface area contributed by atoms with Crippen LogP contribution in [0, 0.1) is 0 Å². The van der Waals surface area contributed by atoms with E-state index >= 15 is 0 Å². The van der Waals surface area contributed by atoms with Crippen LogP contribution in [-0.2, 0) is 16.1 Å². The molecule has 0 aliphatic carbocycles. The highest BCUT2D eigenvalue weighted by Gasteiger charge is 2.19. The Hall–Kier alpha value is -2.90. The van der Waals surface area contributed by atoms with Gasteiger partial charge in [0, 0.05) is 17.3 Å². The van der Waals surface area contributed by atoms with Crippen LogP contribution >= 0.6 is 22.9 Å². The molecule has 1 heterocycles. The van der Waals surface area contributed by atoms with Crippen LogP contribution in [-0.4, -0.2) is 22.0 Å². The predicted octanol–water partition coefficient (Wildman–Crippen LogP) is 4.54. The van der Waals surface area contributed by atoms with E-state index in [1.807, 2.05) is 0 Å². The molecule has 0 saturated heterocycles. The number of para-hydroxylation sites is 1. The maximum Gasteiger partial charge on any atom is 0.342 e. The highest BCUT2D eigenvalue weighted by atomic mass is 35.5. The van der Waals surface area contributed by atoms with Crippen LogP contribution in [0.25, 0.3) is 0 Å². The molecular formula is C19H15ClN2O4S. The molecule has 0 bridgehead atoms. The van der Waals surface area contributed by atoms with Gasteiger partial charge < -0.3 is 9.84 Å². The monoisotopic (exact) mass is 402 g/mol. The van der Waals surface area contributed by atoms with Crippen LogP contribution in [0.2, 0.25) is 5.02 Å². The minimum absolute atomic E-state index is 0.0784. The molecule has 0 atom stereocenters. The molecule has 8 heteroatoms. The largest absolute Gasteiger partial charge is 0.507 e. The van der Waals surface area contributed by atoms with Crippen molar-refractivity contribution in [3.8, 4) is 5.75 Å². The number of phenolic OH excluding ortho intramolecular Hbond substituents is 1. The molecule has 0 saturated carbocycles. The van der Waals surface area contributed by atoms with Gasteiger partial charge in [-0.25, -0.2) is 9.78 Å². The first-order valence-corrected chi connectivity index (χ1v) is 9.17. The Morgan fingerprint density at radius 2 is 2.00 bits per heavy atom. The van der Waals surface area contributed by atoms with Crippen molar-refractivity contribution in [3.63, 3.8) is 0 Å². The highest BCUT2D eigenvalue weighted by molar-refractivity contribution is 7.14. The number of hydrogen-bond acceptors (Lipinski definition) is 6. The molecule has 1 amide bonds. The van der Waals surface area contributed by atoms with Gasteiger partial charge in [-0.1, -0.05) is 29.8 Å². The first-order valence-electron chi connectivity index (χ1n) is 7.91. The summed E-state index contributed by atoms with van der Waals surface area (Å²) < 4.78 is 5.19. The van der Waals surface area contributed by atoms with Crippen molar-refractivity contribution in [2.24, 2.45) is 0 Å². The van der Waals surface area contributed by atoms with Crippen molar-refractivity contribution in [3.05, 3.63) is 70.2 Å². The van der Waals surface area contributed by atoms with Gasteiger partial charge in [0.25, 0.3) is 0 Å². The molecule has 0 spiro atoms. The zero-order valence-corrected chi connectivity index (χ0v) is 15.8. The minimum atomic E-state index is -0.652. The van der Waals surface area contributed by atoms with E-state index in [2.05, 4.69) is 4.98 Å². The summed E-state index contributed by atoms with van der Waals surface area (Å²) in [4.78, 5) is 30.0. The number of thiazole rings is 1. The van der Waals surface area contributed by atoms with Crippen molar-refractivity contribution in [2.75, 3.05) is 4.90 Å². The number of ether oxygens (including phenoxy) is 1. The van der Waals surface area contributed by atoms with Gasteiger partial charge >= 0.3 is 5.97 Å². The number of aromatic nitrogens is 1. The Labute approximate surface area is 164 Å². The second-order valence-corrected chi connectivity index (χ2v) is 6.82. The lowest BCUT2D eigenvalue weighted by Gasteiger charge is -2.18. The number of carbonyl (C=O) groups excluding carboxylic acids is 2. The molecule has 0 radical (unpaired) electrons. The summed E-state index contributed by atoms with van der Waals surface area (Å²) in [5, 5.41) is 12.3.